The predicted octanol–water partition coefficient (Wildman–Crippen LogP) is 3.01. The number of alkyl halides is 1. The molecule has 1 aromatic heterocycles. The number of thiazole rings is 1. The zero-order valence-corrected chi connectivity index (χ0v) is 11.1. The number of aromatic nitrogens is 1. The third-order valence-electron chi connectivity index (χ3n) is 1.98. The smallest absolute Gasteiger partial charge is 0.187 e. The number of ether oxygens (including phenoxy) is 1. The van der Waals surface area contributed by atoms with E-state index in [2.05, 4.69) is 16.8 Å². The van der Waals surface area contributed by atoms with Crippen LogP contribution in [0.5, 0.6) is 0 Å². The third-order valence-corrected chi connectivity index (χ3v) is 3.94. The fourth-order valence-electron chi connectivity index (χ4n) is 1.13. The van der Waals surface area contributed by atoms with Gasteiger partial charge in [0.15, 0.2) is 5.13 Å². The number of methoxy groups -OCH3 is 1. The maximum absolute atomic E-state index is 5.94. The number of hydrogen-bond donors (Lipinski definition) is 0. The van der Waals surface area contributed by atoms with Crippen LogP contribution in [-0.2, 0) is 10.6 Å². The Labute approximate surface area is 104 Å². The molecule has 0 atom stereocenters. The molecule has 0 aliphatic rings. The van der Waals surface area contributed by atoms with E-state index < -0.39 is 0 Å². The average Bonchev–Trinajstić information content (AvgIpc) is 2.61. The quantitative estimate of drug-likeness (QED) is 0.742. The second-order valence-electron chi connectivity index (χ2n) is 2.92. The molecule has 86 valence electrons. The van der Waals surface area contributed by atoms with Gasteiger partial charge < -0.3 is 9.64 Å². The van der Waals surface area contributed by atoms with Gasteiger partial charge in [-0.15, -0.1) is 11.6 Å². The number of halogens is 2. The molecule has 3 nitrogen and oxygen atoms in total. The van der Waals surface area contributed by atoms with Crippen LogP contribution in [0.3, 0.4) is 0 Å². The highest BCUT2D eigenvalue weighted by Gasteiger charge is 2.13. The van der Waals surface area contributed by atoms with Crippen LogP contribution in [0.2, 0.25) is 5.15 Å². The number of likely N-dealkylation sites (N-methyl/N-ethyl adjacent to an activating group) is 1. The molecule has 0 radical (unpaired) electrons. The van der Waals surface area contributed by atoms with E-state index in [0.29, 0.717) is 17.6 Å². The molecule has 1 aromatic rings. The van der Waals surface area contributed by atoms with Crippen LogP contribution in [0.1, 0.15) is 11.8 Å². The van der Waals surface area contributed by atoms with Crippen molar-refractivity contribution < 1.29 is 4.74 Å². The Morgan fingerprint density at radius 1 is 1.53 bits per heavy atom. The van der Waals surface area contributed by atoms with E-state index in [0.717, 1.165) is 23.1 Å². The van der Waals surface area contributed by atoms with Crippen molar-refractivity contribution in [3.05, 3.63) is 10.0 Å². The molecule has 0 saturated carbocycles. The van der Waals surface area contributed by atoms with Gasteiger partial charge in [-0.25, -0.2) is 4.98 Å². The average molecular weight is 269 g/mol. The van der Waals surface area contributed by atoms with Gasteiger partial charge in [0.25, 0.3) is 0 Å². The lowest BCUT2D eigenvalue weighted by Gasteiger charge is -2.18. The van der Waals surface area contributed by atoms with Crippen molar-refractivity contribution in [2.24, 2.45) is 0 Å². The Morgan fingerprint density at radius 2 is 2.27 bits per heavy atom. The van der Waals surface area contributed by atoms with Crippen LogP contribution in [0, 0.1) is 0 Å². The standard InChI is InChI=1S/C9H14Cl2N2OS/c1-3-13(4-5-14-2)9-12-8(11)7(6-10)15-9/h3-6H2,1-2H3. The van der Waals surface area contributed by atoms with Gasteiger partial charge in [-0.3, -0.25) is 0 Å². The van der Waals surface area contributed by atoms with Crippen LogP contribution in [-0.4, -0.2) is 31.8 Å². The summed E-state index contributed by atoms with van der Waals surface area (Å²) in [4.78, 5) is 7.32. The fraction of sp³-hybridized carbons (Fsp3) is 0.667. The third kappa shape index (κ3) is 3.48. The maximum atomic E-state index is 5.94. The summed E-state index contributed by atoms with van der Waals surface area (Å²) in [5.74, 6) is 0.415. The summed E-state index contributed by atoms with van der Waals surface area (Å²) in [7, 11) is 1.69. The fourth-order valence-corrected chi connectivity index (χ4v) is 2.69. The highest BCUT2D eigenvalue weighted by atomic mass is 35.5. The lowest BCUT2D eigenvalue weighted by Crippen LogP contribution is -2.26. The Morgan fingerprint density at radius 3 is 2.73 bits per heavy atom. The first-order valence-electron chi connectivity index (χ1n) is 4.68. The molecule has 0 aliphatic heterocycles. The first kappa shape index (κ1) is 13.0. The van der Waals surface area contributed by atoms with E-state index in [1.165, 1.54) is 11.3 Å². The lowest BCUT2D eigenvalue weighted by atomic mass is 10.5. The van der Waals surface area contributed by atoms with E-state index in [-0.39, 0.29) is 0 Å². The largest absolute Gasteiger partial charge is 0.383 e. The highest BCUT2D eigenvalue weighted by molar-refractivity contribution is 7.16. The summed E-state index contributed by atoms with van der Waals surface area (Å²) < 4.78 is 5.04. The van der Waals surface area contributed by atoms with Crippen molar-refractivity contribution >= 4 is 39.7 Å². The normalized spacial score (nSPS) is 10.7. The Hall–Kier alpha value is -0.0300. The molecule has 0 spiro atoms. The minimum atomic E-state index is 0.415. The molecule has 6 heteroatoms. The lowest BCUT2D eigenvalue weighted by molar-refractivity contribution is 0.205. The Kier molecular flexibility index (Phi) is 5.68. The van der Waals surface area contributed by atoms with E-state index in [4.69, 9.17) is 27.9 Å². The van der Waals surface area contributed by atoms with Crippen molar-refractivity contribution in [1.82, 2.24) is 4.98 Å². The summed E-state index contributed by atoms with van der Waals surface area (Å²) in [6.07, 6.45) is 0. The van der Waals surface area contributed by atoms with Gasteiger partial charge in [0.1, 0.15) is 5.15 Å². The number of rotatable bonds is 6. The SMILES string of the molecule is CCN(CCOC)c1nc(Cl)c(CCl)s1. The van der Waals surface area contributed by atoms with Gasteiger partial charge in [-0.1, -0.05) is 22.9 Å². The second kappa shape index (κ2) is 6.53. The summed E-state index contributed by atoms with van der Waals surface area (Å²) in [6, 6.07) is 0. The number of hydrogen-bond acceptors (Lipinski definition) is 4. The molecular formula is C9H14Cl2N2OS. The van der Waals surface area contributed by atoms with Crippen molar-refractivity contribution in [2.45, 2.75) is 12.8 Å². The zero-order valence-electron chi connectivity index (χ0n) is 8.80. The topological polar surface area (TPSA) is 25.4 Å². The van der Waals surface area contributed by atoms with Gasteiger partial charge in [0, 0.05) is 20.2 Å². The summed E-state index contributed by atoms with van der Waals surface area (Å²) >= 11 is 13.2. The van der Waals surface area contributed by atoms with E-state index in [1.54, 1.807) is 7.11 Å². The monoisotopic (exact) mass is 268 g/mol. The summed E-state index contributed by atoms with van der Waals surface area (Å²) in [5, 5.41) is 1.43. The van der Waals surface area contributed by atoms with Crippen LogP contribution in [0.15, 0.2) is 0 Å². The highest BCUT2D eigenvalue weighted by Crippen LogP contribution is 2.30. The predicted molar refractivity (Wildman–Crippen MR) is 66.4 cm³/mol. The van der Waals surface area contributed by atoms with Crippen LogP contribution in [0.4, 0.5) is 5.13 Å². The number of anilines is 1. The first-order valence-corrected chi connectivity index (χ1v) is 6.40. The Bertz CT molecular complexity index is 306. The molecule has 0 N–H and O–H groups in total. The van der Waals surface area contributed by atoms with E-state index >= 15 is 0 Å². The molecule has 0 bridgehead atoms. The van der Waals surface area contributed by atoms with Crippen molar-refractivity contribution in [3.8, 4) is 0 Å². The molecular weight excluding hydrogens is 255 g/mol. The molecule has 0 aliphatic carbocycles. The van der Waals surface area contributed by atoms with E-state index in [9.17, 15) is 0 Å². The van der Waals surface area contributed by atoms with Crippen LogP contribution in [0.25, 0.3) is 0 Å². The summed E-state index contributed by atoms with van der Waals surface area (Å²) in [6.45, 7) is 4.46. The van der Waals surface area contributed by atoms with Crippen LogP contribution >= 0.6 is 34.5 Å². The second-order valence-corrected chi connectivity index (χ2v) is 4.60. The van der Waals surface area contributed by atoms with Gasteiger partial charge in [0.05, 0.1) is 17.4 Å². The van der Waals surface area contributed by atoms with E-state index in [1.807, 2.05) is 0 Å². The summed E-state index contributed by atoms with van der Waals surface area (Å²) in [5.41, 5.74) is 0. The molecule has 0 unspecified atom stereocenters. The van der Waals surface area contributed by atoms with Gasteiger partial charge in [0.2, 0.25) is 0 Å². The first-order chi connectivity index (χ1) is 7.22. The van der Waals surface area contributed by atoms with Gasteiger partial charge in [-0.2, -0.15) is 0 Å². The molecule has 0 aromatic carbocycles. The molecule has 0 saturated heterocycles. The van der Waals surface area contributed by atoms with Crippen molar-refractivity contribution in [3.63, 3.8) is 0 Å². The Balaban J connectivity index is 2.73. The maximum Gasteiger partial charge on any atom is 0.187 e. The molecule has 15 heavy (non-hydrogen) atoms. The zero-order chi connectivity index (χ0) is 11.3. The minimum absolute atomic E-state index is 0.415. The van der Waals surface area contributed by atoms with Crippen molar-refractivity contribution in [1.29, 1.82) is 0 Å². The van der Waals surface area contributed by atoms with Crippen molar-refractivity contribution in [2.75, 3.05) is 31.7 Å². The van der Waals surface area contributed by atoms with Crippen LogP contribution < -0.4 is 4.90 Å². The minimum Gasteiger partial charge on any atom is -0.383 e. The van der Waals surface area contributed by atoms with Gasteiger partial charge >= 0.3 is 0 Å². The molecule has 1 rings (SSSR count). The number of nitrogens with zero attached hydrogens (tertiary/aromatic N) is 2. The molecule has 0 amide bonds. The van der Waals surface area contributed by atoms with Gasteiger partial charge in [-0.05, 0) is 6.92 Å². The molecule has 1 heterocycles. The molecule has 0 fully saturated rings.